The van der Waals surface area contributed by atoms with Crippen molar-refractivity contribution in [1.82, 2.24) is 4.31 Å². The highest BCUT2D eigenvalue weighted by atomic mass is 35.5. The van der Waals surface area contributed by atoms with Crippen LogP contribution in [0.2, 0.25) is 5.02 Å². The molecule has 0 saturated heterocycles. The Balaban J connectivity index is 2.81. The normalized spacial score (nSPS) is 11.4. The van der Waals surface area contributed by atoms with Gasteiger partial charge in [0.2, 0.25) is 5.91 Å². The van der Waals surface area contributed by atoms with E-state index in [-0.39, 0.29) is 12.5 Å². The van der Waals surface area contributed by atoms with Crippen LogP contribution < -0.4 is 0 Å². The summed E-state index contributed by atoms with van der Waals surface area (Å²) in [6.07, 6.45) is 0.892. The highest BCUT2D eigenvalue weighted by Gasteiger charge is 2.32. The standard InChI is InChI=1S/C18H13ClF5NO3S/c1-3-5-25(15(26)4-2)29(27,28)14-6-9(11(20)7-10(14)19)16-12(21)8-13(22)17(23)18(16)24/h3,6-8H,1,4-5H2,2H3. The van der Waals surface area contributed by atoms with Gasteiger partial charge < -0.3 is 0 Å². The molecule has 0 aliphatic rings. The number of rotatable bonds is 6. The summed E-state index contributed by atoms with van der Waals surface area (Å²) in [7, 11) is -4.70. The fourth-order valence-corrected chi connectivity index (χ4v) is 4.43. The Kier molecular flexibility index (Phi) is 6.69. The smallest absolute Gasteiger partial charge is 0.268 e. The van der Waals surface area contributed by atoms with Gasteiger partial charge in [-0.15, -0.1) is 6.58 Å². The molecule has 0 fully saturated rings. The molecule has 0 unspecified atom stereocenters. The number of sulfonamides is 1. The molecule has 2 rings (SSSR count). The van der Waals surface area contributed by atoms with Gasteiger partial charge in [-0.3, -0.25) is 4.79 Å². The van der Waals surface area contributed by atoms with E-state index < -0.39 is 72.6 Å². The van der Waals surface area contributed by atoms with E-state index in [1.807, 2.05) is 0 Å². The molecule has 1 amide bonds. The summed E-state index contributed by atoms with van der Waals surface area (Å²) >= 11 is 5.80. The second kappa shape index (κ2) is 8.50. The van der Waals surface area contributed by atoms with Crippen molar-refractivity contribution < 1.29 is 35.2 Å². The molecule has 0 N–H and O–H groups in total. The molecule has 0 spiro atoms. The van der Waals surface area contributed by atoms with Gasteiger partial charge in [0.05, 0.1) is 17.1 Å². The van der Waals surface area contributed by atoms with Crippen LogP contribution in [0, 0.1) is 29.1 Å². The van der Waals surface area contributed by atoms with Crippen molar-refractivity contribution in [3.8, 4) is 11.1 Å². The molecule has 0 atom stereocenters. The lowest BCUT2D eigenvalue weighted by Crippen LogP contribution is -2.36. The number of benzene rings is 2. The fourth-order valence-electron chi connectivity index (χ4n) is 2.48. The minimum absolute atomic E-state index is 0.0133. The van der Waals surface area contributed by atoms with Crippen LogP contribution in [-0.4, -0.2) is 25.2 Å². The van der Waals surface area contributed by atoms with Gasteiger partial charge >= 0.3 is 0 Å². The molecule has 11 heteroatoms. The summed E-state index contributed by atoms with van der Waals surface area (Å²) in [4.78, 5) is 11.2. The van der Waals surface area contributed by atoms with Crippen molar-refractivity contribution in [1.29, 1.82) is 0 Å². The Labute approximate surface area is 168 Å². The second-order valence-electron chi connectivity index (χ2n) is 5.68. The first-order valence-electron chi connectivity index (χ1n) is 7.96. The maximum absolute atomic E-state index is 14.3. The fraction of sp³-hybridized carbons (Fsp3) is 0.167. The maximum atomic E-state index is 14.3. The molecule has 0 heterocycles. The van der Waals surface area contributed by atoms with E-state index in [1.54, 1.807) is 0 Å². The van der Waals surface area contributed by atoms with Gasteiger partial charge in [-0.1, -0.05) is 24.6 Å². The molecular formula is C18H13ClF5NO3S. The highest BCUT2D eigenvalue weighted by molar-refractivity contribution is 7.89. The van der Waals surface area contributed by atoms with E-state index in [0.717, 1.165) is 6.08 Å². The van der Waals surface area contributed by atoms with Crippen LogP contribution in [0.1, 0.15) is 13.3 Å². The first-order valence-corrected chi connectivity index (χ1v) is 9.78. The molecule has 2 aromatic rings. The number of hydrogen-bond acceptors (Lipinski definition) is 3. The SMILES string of the molecule is C=CCN(C(=O)CC)S(=O)(=O)c1cc(-c2c(F)cc(F)c(F)c2F)c(F)cc1Cl. The molecule has 156 valence electrons. The molecular weight excluding hydrogens is 441 g/mol. The first kappa shape index (κ1) is 22.8. The molecule has 0 aliphatic heterocycles. The molecule has 2 aromatic carbocycles. The summed E-state index contributed by atoms with van der Waals surface area (Å²) in [6, 6.07) is 0.873. The number of carbonyl (C=O) groups is 1. The van der Waals surface area contributed by atoms with Gasteiger partial charge in [0.15, 0.2) is 17.5 Å². The third kappa shape index (κ3) is 4.13. The van der Waals surface area contributed by atoms with Crippen molar-refractivity contribution in [3.05, 3.63) is 65.0 Å². The van der Waals surface area contributed by atoms with Gasteiger partial charge in [-0.05, 0) is 12.1 Å². The van der Waals surface area contributed by atoms with Crippen molar-refractivity contribution in [3.63, 3.8) is 0 Å². The van der Waals surface area contributed by atoms with Gasteiger partial charge in [-0.25, -0.2) is 34.7 Å². The van der Waals surface area contributed by atoms with Crippen LogP contribution in [0.25, 0.3) is 11.1 Å². The number of carbonyl (C=O) groups excluding carboxylic acids is 1. The van der Waals surface area contributed by atoms with Crippen LogP contribution in [0.3, 0.4) is 0 Å². The van der Waals surface area contributed by atoms with E-state index in [4.69, 9.17) is 11.6 Å². The van der Waals surface area contributed by atoms with E-state index in [1.165, 1.54) is 6.92 Å². The summed E-state index contributed by atoms with van der Waals surface area (Å²) in [6.45, 7) is 4.27. The minimum Gasteiger partial charge on any atom is -0.274 e. The predicted octanol–water partition coefficient (Wildman–Crippen LogP) is 4.82. The average molecular weight is 454 g/mol. The predicted molar refractivity (Wildman–Crippen MR) is 96.1 cm³/mol. The number of nitrogens with zero attached hydrogens (tertiary/aromatic N) is 1. The second-order valence-corrected chi connectivity index (χ2v) is 7.92. The molecule has 29 heavy (non-hydrogen) atoms. The van der Waals surface area contributed by atoms with Crippen molar-refractivity contribution in [2.45, 2.75) is 18.2 Å². The monoisotopic (exact) mass is 453 g/mol. The van der Waals surface area contributed by atoms with Crippen molar-refractivity contribution >= 4 is 27.5 Å². The molecule has 4 nitrogen and oxygen atoms in total. The highest BCUT2D eigenvalue weighted by Crippen LogP contribution is 2.36. The zero-order valence-corrected chi connectivity index (χ0v) is 16.4. The Morgan fingerprint density at radius 3 is 2.24 bits per heavy atom. The van der Waals surface area contributed by atoms with Gasteiger partial charge in [0.25, 0.3) is 10.0 Å². The Hall–Kier alpha value is -2.46. The lowest BCUT2D eigenvalue weighted by Gasteiger charge is -2.22. The molecule has 0 aromatic heterocycles. The zero-order chi connectivity index (χ0) is 22.1. The quantitative estimate of drug-likeness (QED) is 0.273. The largest absolute Gasteiger partial charge is 0.274 e. The van der Waals surface area contributed by atoms with E-state index in [0.29, 0.717) is 16.4 Å². The molecule has 0 saturated carbocycles. The zero-order valence-electron chi connectivity index (χ0n) is 14.8. The first-order chi connectivity index (χ1) is 13.5. The number of amides is 1. The molecule has 0 bridgehead atoms. The van der Waals surface area contributed by atoms with Crippen LogP contribution in [0.5, 0.6) is 0 Å². The minimum atomic E-state index is -4.70. The summed E-state index contributed by atoms with van der Waals surface area (Å²) in [5, 5.41) is -0.687. The third-order valence-electron chi connectivity index (χ3n) is 3.85. The van der Waals surface area contributed by atoms with Crippen molar-refractivity contribution in [2.24, 2.45) is 0 Å². The van der Waals surface area contributed by atoms with Gasteiger partial charge in [-0.2, -0.15) is 0 Å². The maximum Gasteiger partial charge on any atom is 0.268 e. The van der Waals surface area contributed by atoms with E-state index in [2.05, 4.69) is 6.58 Å². The molecule has 0 aliphatic carbocycles. The third-order valence-corrected chi connectivity index (χ3v) is 6.10. The summed E-state index contributed by atoms with van der Waals surface area (Å²) < 4.78 is 95.3. The van der Waals surface area contributed by atoms with E-state index >= 15 is 0 Å². The van der Waals surface area contributed by atoms with Crippen molar-refractivity contribution in [2.75, 3.05) is 6.54 Å². The topological polar surface area (TPSA) is 54.5 Å². The van der Waals surface area contributed by atoms with E-state index in [9.17, 15) is 35.2 Å². The van der Waals surface area contributed by atoms with Gasteiger partial charge in [0.1, 0.15) is 16.5 Å². The number of halogens is 6. The van der Waals surface area contributed by atoms with Crippen LogP contribution in [0.4, 0.5) is 22.0 Å². The van der Waals surface area contributed by atoms with Crippen LogP contribution in [-0.2, 0) is 14.8 Å². The lowest BCUT2D eigenvalue weighted by atomic mass is 10.0. The lowest BCUT2D eigenvalue weighted by molar-refractivity contribution is -0.125. The van der Waals surface area contributed by atoms with Gasteiger partial charge in [0, 0.05) is 18.1 Å². The summed E-state index contributed by atoms with van der Waals surface area (Å²) in [5.74, 6) is -9.89. The number of hydrogen-bond donors (Lipinski definition) is 0. The Morgan fingerprint density at radius 1 is 1.07 bits per heavy atom. The van der Waals surface area contributed by atoms with Crippen LogP contribution in [0.15, 0.2) is 35.7 Å². The Morgan fingerprint density at radius 2 is 1.69 bits per heavy atom. The molecule has 0 radical (unpaired) electrons. The Bertz CT molecular complexity index is 1110. The van der Waals surface area contributed by atoms with Crippen LogP contribution >= 0.6 is 11.6 Å². The average Bonchev–Trinajstić information content (AvgIpc) is 2.64. The summed E-state index contributed by atoms with van der Waals surface area (Å²) in [5.41, 5.74) is -2.35.